The monoisotopic (exact) mass is 269 g/mol. The van der Waals surface area contributed by atoms with Crippen LogP contribution >= 0.6 is 0 Å². The number of nitrogens with two attached hydrogens (primary N) is 1. The van der Waals surface area contributed by atoms with Gasteiger partial charge in [-0.1, -0.05) is 24.0 Å². The van der Waals surface area contributed by atoms with Gasteiger partial charge in [0.1, 0.15) is 18.2 Å². The topological polar surface area (TPSA) is 35.2 Å². The van der Waals surface area contributed by atoms with Crippen LogP contribution in [0.15, 0.2) is 42.5 Å². The smallest absolute Gasteiger partial charge is 0.123 e. The maximum absolute atomic E-state index is 13.0. The normalized spacial score (nSPS) is 9.75. The maximum atomic E-state index is 13.0. The molecule has 2 aromatic rings. The average molecular weight is 269 g/mol. The highest BCUT2D eigenvalue weighted by atomic mass is 19.1. The van der Waals surface area contributed by atoms with Crippen molar-refractivity contribution in [1.82, 2.24) is 0 Å². The van der Waals surface area contributed by atoms with Crippen molar-refractivity contribution in [3.63, 3.8) is 0 Å². The van der Waals surface area contributed by atoms with Crippen LogP contribution in [-0.2, 0) is 6.61 Å². The van der Waals surface area contributed by atoms with Gasteiger partial charge in [-0.05, 0) is 48.4 Å². The van der Waals surface area contributed by atoms with Gasteiger partial charge in [0.05, 0.1) is 6.54 Å². The van der Waals surface area contributed by atoms with Crippen molar-refractivity contribution in [3.05, 3.63) is 65.0 Å². The van der Waals surface area contributed by atoms with Crippen LogP contribution in [0.4, 0.5) is 4.39 Å². The van der Waals surface area contributed by atoms with E-state index in [-0.39, 0.29) is 5.82 Å². The van der Waals surface area contributed by atoms with E-state index in [1.807, 2.05) is 31.2 Å². The summed E-state index contributed by atoms with van der Waals surface area (Å²) in [6, 6.07) is 12.2. The highest BCUT2D eigenvalue weighted by Crippen LogP contribution is 2.16. The molecule has 2 nitrogen and oxygen atoms in total. The molecule has 0 amide bonds. The SMILES string of the molecule is Cc1cc(F)ccc1COc1cccc(C#CCN)c1. The maximum Gasteiger partial charge on any atom is 0.123 e. The fraction of sp³-hybridized carbons (Fsp3) is 0.176. The molecule has 2 rings (SSSR count). The van der Waals surface area contributed by atoms with Gasteiger partial charge in [-0.2, -0.15) is 0 Å². The molecule has 2 N–H and O–H groups in total. The highest BCUT2D eigenvalue weighted by molar-refractivity contribution is 5.40. The number of hydrogen-bond donors (Lipinski definition) is 1. The molecule has 0 bridgehead atoms. The Balaban J connectivity index is 2.07. The van der Waals surface area contributed by atoms with Crippen molar-refractivity contribution in [1.29, 1.82) is 0 Å². The lowest BCUT2D eigenvalue weighted by atomic mass is 10.1. The minimum Gasteiger partial charge on any atom is -0.489 e. The summed E-state index contributed by atoms with van der Waals surface area (Å²) in [5.74, 6) is 6.26. The van der Waals surface area contributed by atoms with Gasteiger partial charge in [0.25, 0.3) is 0 Å². The molecule has 0 heterocycles. The van der Waals surface area contributed by atoms with E-state index >= 15 is 0 Å². The quantitative estimate of drug-likeness (QED) is 0.869. The second kappa shape index (κ2) is 6.74. The second-order valence-corrected chi connectivity index (χ2v) is 4.39. The van der Waals surface area contributed by atoms with Crippen LogP contribution in [0.1, 0.15) is 16.7 Å². The molecule has 0 aromatic heterocycles. The molecular weight excluding hydrogens is 253 g/mol. The average Bonchev–Trinajstić information content (AvgIpc) is 2.45. The third-order valence-corrected chi connectivity index (χ3v) is 2.87. The summed E-state index contributed by atoms with van der Waals surface area (Å²) in [6.07, 6.45) is 0. The van der Waals surface area contributed by atoms with E-state index in [2.05, 4.69) is 11.8 Å². The molecule has 2 aromatic carbocycles. The number of aryl methyl sites for hydroxylation is 1. The molecular formula is C17H16FNO. The van der Waals surface area contributed by atoms with Gasteiger partial charge in [-0.3, -0.25) is 0 Å². The molecule has 0 spiro atoms. The molecule has 0 unspecified atom stereocenters. The van der Waals surface area contributed by atoms with Gasteiger partial charge < -0.3 is 10.5 Å². The Morgan fingerprint density at radius 2 is 2.05 bits per heavy atom. The zero-order valence-electron chi connectivity index (χ0n) is 11.3. The van der Waals surface area contributed by atoms with E-state index in [0.717, 1.165) is 22.4 Å². The van der Waals surface area contributed by atoms with Crippen molar-refractivity contribution < 1.29 is 9.13 Å². The predicted molar refractivity (Wildman–Crippen MR) is 77.8 cm³/mol. The van der Waals surface area contributed by atoms with Crippen LogP contribution in [0.5, 0.6) is 5.75 Å². The number of benzene rings is 2. The molecule has 0 aliphatic carbocycles. The van der Waals surface area contributed by atoms with Crippen LogP contribution in [0.2, 0.25) is 0 Å². The molecule has 20 heavy (non-hydrogen) atoms. The van der Waals surface area contributed by atoms with Crippen LogP contribution in [0.3, 0.4) is 0 Å². The van der Waals surface area contributed by atoms with Crippen LogP contribution in [0.25, 0.3) is 0 Å². The molecule has 0 saturated heterocycles. The Bertz CT molecular complexity index is 656. The fourth-order valence-electron chi connectivity index (χ4n) is 1.80. The third kappa shape index (κ3) is 3.84. The molecule has 0 atom stereocenters. The number of rotatable bonds is 3. The van der Waals surface area contributed by atoms with Crippen LogP contribution in [0, 0.1) is 24.6 Å². The number of hydrogen-bond acceptors (Lipinski definition) is 2. The Kier molecular flexibility index (Phi) is 4.75. The first-order chi connectivity index (χ1) is 9.69. The van der Waals surface area contributed by atoms with E-state index in [1.54, 1.807) is 6.07 Å². The summed E-state index contributed by atoms with van der Waals surface area (Å²) in [6.45, 7) is 2.60. The molecule has 3 heteroatoms. The van der Waals surface area contributed by atoms with Crippen LogP contribution in [-0.4, -0.2) is 6.54 Å². The molecule has 0 aliphatic heterocycles. The van der Waals surface area contributed by atoms with Crippen molar-refractivity contribution in [3.8, 4) is 17.6 Å². The molecule has 0 aliphatic rings. The minimum atomic E-state index is -0.231. The molecule has 0 saturated carbocycles. The Hall–Kier alpha value is -2.31. The van der Waals surface area contributed by atoms with Gasteiger partial charge in [0, 0.05) is 5.56 Å². The van der Waals surface area contributed by atoms with Crippen molar-refractivity contribution >= 4 is 0 Å². The van der Waals surface area contributed by atoms with Crippen molar-refractivity contribution in [2.24, 2.45) is 5.73 Å². The number of ether oxygens (including phenoxy) is 1. The van der Waals surface area contributed by atoms with Gasteiger partial charge >= 0.3 is 0 Å². The van der Waals surface area contributed by atoms with E-state index in [0.29, 0.717) is 13.2 Å². The van der Waals surface area contributed by atoms with Gasteiger partial charge in [-0.15, -0.1) is 0 Å². The van der Waals surface area contributed by atoms with E-state index in [9.17, 15) is 4.39 Å². The third-order valence-electron chi connectivity index (χ3n) is 2.87. The fourth-order valence-corrected chi connectivity index (χ4v) is 1.80. The first-order valence-corrected chi connectivity index (χ1v) is 6.36. The molecule has 0 radical (unpaired) electrons. The second-order valence-electron chi connectivity index (χ2n) is 4.39. The van der Waals surface area contributed by atoms with Gasteiger partial charge in [-0.25, -0.2) is 4.39 Å². The van der Waals surface area contributed by atoms with E-state index in [4.69, 9.17) is 10.5 Å². The Labute approximate surface area is 118 Å². The van der Waals surface area contributed by atoms with Crippen LogP contribution < -0.4 is 10.5 Å². The first kappa shape index (κ1) is 14.1. The summed E-state index contributed by atoms with van der Waals surface area (Å²) in [5, 5.41) is 0. The standard InChI is InChI=1S/C17H16FNO/c1-13-10-16(18)8-7-15(13)12-20-17-6-2-4-14(11-17)5-3-9-19/h2,4,6-8,10-11H,9,12,19H2,1H3. The summed E-state index contributed by atoms with van der Waals surface area (Å²) >= 11 is 0. The summed E-state index contributed by atoms with van der Waals surface area (Å²) in [4.78, 5) is 0. The molecule has 0 fully saturated rings. The Morgan fingerprint density at radius 3 is 2.80 bits per heavy atom. The van der Waals surface area contributed by atoms with Gasteiger partial charge in [0.2, 0.25) is 0 Å². The van der Waals surface area contributed by atoms with Gasteiger partial charge in [0.15, 0.2) is 0 Å². The summed E-state index contributed by atoms with van der Waals surface area (Å²) in [5.41, 5.74) is 8.05. The van der Waals surface area contributed by atoms with Crippen molar-refractivity contribution in [2.45, 2.75) is 13.5 Å². The number of halogens is 1. The minimum absolute atomic E-state index is 0.231. The summed E-state index contributed by atoms with van der Waals surface area (Å²) in [7, 11) is 0. The van der Waals surface area contributed by atoms with E-state index in [1.165, 1.54) is 12.1 Å². The zero-order valence-corrected chi connectivity index (χ0v) is 11.3. The zero-order chi connectivity index (χ0) is 14.4. The largest absolute Gasteiger partial charge is 0.489 e. The summed E-state index contributed by atoms with van der Waals surface area (Å²) < 4.78 is 18.7. The van der Waals surface area contributed by atoms with Crippen molar-refractivity contribution in [2.75, 3.05) is 6.54 Å². The van der Waals surface area contributed by atoms with E-state index < -0.39 is 0 Å². The predicted octanol–water partition coefficient (Wildman–Crippen LogP) is 3.02. The lowest BCUT2D eigenvalue weighted by molar-refractivity contribution is 0.305. The molecule has 102 valence electrons. The Morgan fingerprint density at radius 1 is 1.20 bits per heavy atom. The first-order valence-electron chi connectivity index (χ1n) is 6.36. The highest BCUT2D eigenvalue weighted by Gasteiger charge is 2.02. The lowest BCUT2D eigenvalue weighted by Gasteiger charge is -2.09. The lowest BCUT2D eigenvalue weighted by Crippen LogP contribution is -1.98.